The van der Waals surface area contributed by atoms with Crippen molar-refractivity contribution in [3.63, 3.8) is 0 Å². The van der Waals surface area contributed by atoms with E-state index in [-0.39, 0.29) is 5.91 Å². The van der Waals surface area contributed by atoms with Crippen molar-refractivity contribution >= 4 is 44.5 Å². The quantitative estimate of drug-likeness (QED) is 0.832. The van der Waals surface area contributed by atoms with Gasteiger partial charge in [-0.1, -0.05) is 0 Å². The summed E-state index contributed by atoms with van der Waals surface area (Å²) in [5.74, 6) is -0.149. The molecule has 0 atom stereocenters. The first-order chi connectivity index (χ1) is 8.47. The molecule has 1 amide bonds. The van der Waals surface area contributed by atoms with E-state index >= 15 is 0 Å². The molecule has 18 heavy (non-hydrogen) atoms. The summed E-state index contributed by atoms with van der Waals surface area (Å²) in [5.41, 5.74) is 7.74. The number of halogens is 1. The number of thiazole rings is 1. The SMILES string of the molecule is Cc1nc(C)c(C(=O)Nc2ccc(N)cc2Br)s1. The van der Waals surface area contributed by atoms with Crippen LogP contribution in [-0.2, 0) is 0 Å². The van der Waals surface area contributed by atoms with Crippen molar-refractivity contribution in [1.82, 2.24) is 4.98 Å². The first-order valence-corrected chi connectivity index (χ1v) is 6.88. The van der Waals surface area contributed by atoms with Gasteiger partial charge in [0.05, 0.1) is 16.4 Å². The molecule has 1 aromatic heterocycles. The van der Waals surface area contributed by atoms with Crippen LogP contribution in [0.2, 0.25) is 0 Å². The molecule has 0 fully saturated rings. The smallest absolute Gasteiger partial charge is 0.267 e. The van der Waals surface area contributed by atoms with E-state index in [1.165, 1.54) is 11.3 Å². The molecule has 6 heteroatoms. The number of benzene rings is 1. The Morgan fingerprint density at radius 1 is 1.44 bits per heavy atom. The zero-order valence-corrected chi connectivity index (χ0v) is 12.4. The van der Waals surface area contributed by atoms with Crippen LogP contribution in [0.15, 0.2) is 22.7 Å². The van der Waals surface area contributed by atoms with E-state index in [9.17, 15) is 4.79 Å². The van der Waals surface area contributed by atoms with E-state index in [2.05, 4.69) is 26.2 Å². The average Bonchev–Trinajstić information content (AvgIpc) is 2.62. The van der Waals surface area contributed by atoms with Gasteiger partial charge in [0, 0.05) is 10.2 Å². The molecule has 0 aliphatic heterocycles. The van der Waals surface area contributed by atoms with Crippen molar-refractivity contribution in [2.45, 2.75) is 13.8 Å². The lowest BCUT2D eigenvalue weighted by atomic mass is 10.2. The van der Waals surface area contributed by atoms with Gasteiger partial charge in [0.25, 0.3) is 5.91 Å². The second kappa shape index (κ2) is 5.07. The van der Waals surface area contributed by atoms with Gasteiger partial charge in [0.15, 0.2) is 0 Å². The number of aromatic nitrogens is 1. The summed E-state index contributed by atoms with van der Waals surface area (Å²) >= 11 is 4.75. The molecule has 0 radical (unpaired) electrons. The number of carbonyl (C=O) groups is 1. The fourth-order valence-electron chi connectivity index (χ4n) is 1.55. The molecule has 94 valence electrons. The molecule has 0 saturated heterocycles. The largest absolute Gasteiger partial charge is 0.399 e. The number of nitrogen functional groups attached to an aromatic ring is 1. The highest BCUT2D eigenvalue weighted by molar-refractivity contribution is 9.10. The number of nitrogens with two attached hydrogens (primary N) is 1. The second-order valence-corrected chi connectivity index (χ2v) is 5.90. The van der Waals surface area contributed by atoms with E-state index < -0.39 is 0 Å². The first-order valence-electron chi connectivity index (χ1n) is 5.28. The van der Waals surface area contributed by atoms with Crippen LogP contribution in [0.1, 0.15) is 20.4 Å². The van der Waals surface area contributed by atoms with Crippen LogP contribution in [-0.4, -0.2) is 10.9 Å². The van der Waals surface area contributed by atoms with E-state index in [0.717, 1.165) is 15.2 Å². The number of anilines is 2. The maximum absolute atomic E-state index is 12.1. The van der Waals surface area contributed by atoms with Gasteiger partial charge in [-0.3, -0.25) is 4.79 Å². The summed E-state index contributed by atoms with van der Waals surface area (Å²) in [6.07, 6.45) is 0. The molecule has 1 aromatic carbocycles. The number of aryl methyl sites for hydroxylation is 2. The summed E-state index contributed by atoms with van der Waals surface area (Å²) < 4.78 is 0.759. The topological polar surface area (TPSA) is 68.0 Å². The number of rotatable bonds is 2. The minimum atomic E-state index is -0.149. The van der Waals surface area contributed by atoms with Crippen molar-refractivity contribution in [1.29, 1.82) is 0 Å². The number of amides is 1. The van der Waals surface area contributed by atoms with Crippen molar-refractivity contribution in [3.05, 3.63) is 38.3 Å². The summed E-state index contributed by atoms with van der Waals surface area (Å²) in [4.78, 5) is 17.0. The predicted octanol–water partition coefficient (Wildman–Crippen LogP) is 3.36. The van der Waals surface area contributed by atoms with Crippen LogP contribution in [0, 0.1) is 13.8 Å². The Balaban J connectivity index is 2.24. The van der Waals surface area contributed by atoms with Crippen LogP contribution in [0.3, 0.4) is 0 Å². The Labute approximate surface area is 117 Å². The maximum Gasteiger partial charge on any atom is 0.267 e. The Bertz CT molecular complexity index is 609. The van der Waals surface area contributed by atoms with E-state index in [1.54, 1.807) is 18.2 Å². The molecule has 3 N–H and O–H groups in total. The minimum Gasteiger partial charge on any atom is -0.399 e. The lowest BCUT2D eigenvalue weighted by Gasteiger charge is -2.07. The third kappa shape index (κ3) is 2.70. The Hall–Kier alpha value is -1.40. The molecule has 0 aliphatic carbocycles. The molecule has 0 unspecified atom stereocenters. The highest BCUT2D eigenvalue weighted by Crippen LogP contribution is 2.26. The maximum atomic E-state index is 12.1. The molecule has 2 aromatic rings. The van der Waals surface area contributed by atoms with Crippen LogP contribution in [0.5, 0.6) is 0 Å². The Morgan fingerprint density at radius 2 is 2.17 bits per heavy atom. The fraction of sp³-hybridized carbons (Fsp3) is 0.167. The van der Waals surface area contributed by atoms with Gasteiger partial charge in [-0.25, -0.2) is 4.98 Å². The molecule has 1 heterocycles. The number of nitrogens with zero attached hydrogens (tertiary/aromatic N) is 1. The number of hydrogen-bond donors (Lipinski definition) is 2. The van der Waals surface area contributed by atoms with Gasteiger partial charge in [-0.2, -0.15) is 0 Å². The molecule has 4 nitrogen and oxygen atoms in total. The summed E-state index contributed by atoms with van der Waals surface area (Å²) in [6, 6.07) is 5.26. The van der Waals surface area contributed by atoms with E-state index in [1.807, 2.05) is 13.8 Å². The second-order valence-electron chi connectivity index (χ2n) is 3.84. The lowest BCUT2D eigenvalue weighted by Crippen LogP contribution is -2.12. The van der Waals surface area contributed by atoms with Crippen molar-refractivity contribution in [2.75, 3.05) is 11.1 Å². The molecule has 0 spiro atoms. The monoisotopic (exact) mass is 325 g/mol. The zero-order valence-electron chi connectivity index (χ0n) is 9.95. The molecule has 0 bridgehead atoms. The van der Waals surface area contributed by atoms with Crippen LogP contribution in [0.25, 0.3) is 0 Å². The van der Waals surface area contributed by atoms with Gasteiger partial charge >= 0.3 is 0 Å². The predicted molar refractivity (Wildman–Crippen MR) is 78.1 cm³/mol. The van der Waals surface area contributed by atoms with Gasteiger partial charge in [-0.15, -0.1) is 11.3 Å². The highest BCUT2D eigenvalue weighted by atomic mass is 79.9. The zero-order chi connectivity index (χ0) is 13.3. The van der Waals surface area contributed by atoms with E-state index in [0.29, 0.717) is 16.3 Å². The average molecular weight is 326 g/mol. The standard InChI is InChI=1S/C12H12BrN3OS/c1-6-11(18-7(2)15-6)12(17)16-10-4-3-8(14)5-9(10)13/h3-5H,14H2,1-2H3,(H,16,17). The van der Waals surface area contributed by atoms with Gasteiger partial charge < -0.3 is 11.1 Å². The third-order valence-corrected chi connectivity index (χ3v) is 4.08. The summed E-state index contributed by atoms with van der Waals surface area (Å²) in [6.45, 7) is 3.71. The summed E-state index contributed by atoms with van der Waals surface area (Å²) in [5, 5.41) is 3.72. The Morgan fingerprint density at radius 3 is 2.72 bits per heavy atom. The number of carbonyl (C=O) groups excluding carboxylic acids is 1. The van der Waals surface area contributed by atoms with Crippen LogP contribution >= 0.6 is 27.3 Å². The van der Waals surface area contributed by atoms with Crippen molar-refractivity contribution in [3.8, 4) is 0 Å². The highest BCUT2D eigenvalue weighted by Gasteiger charge is 2.14. The molecular weight excluding hydrogens is 314 g/mol. The molecule has 2 rings (SSSR count). The lowest BCUT2D eigenvalue weighted by molar-refractivity contribution is 0.102. The van der Waals surface area contributed by atoms with Gasteiger partial charge in [0.1, 0.15) is 4.88 Å². The van der Waals surface area contributed by atoms with Crippen LogP contribution in [0.4, 0.5) is 11.4 Å². The number of nitrogens with one attached hydrogen (secondary N) is 1. The fourth-order valence-corrected chi connectivity index (χ4v) is 2.86. The van der Waals surface area contributed by atoms with Crippen LogP contribution < -0.4 is 11.1 Å². The van der Waals surface area contributed by atoms with Crippen molar-refractivity contribution < 1.29 is 4.79 Å². The van der Waals surface area contributed by atoms with E-state index in [4.69, 9.17) is 5.73 Å². The first kappa shape index (κ1) is 13.0. The normalized spacial score (nSPS) is 10.4. The molecule has 0 aliphatic rings. The van der Waals surface area contributed by atoms with Gasteiger partial charge in [-0.05, 0) is 48.0 Å². The number of hydrogen-bond acceptors (Lipinski definition) is 4. The van der Waals surface area contributed by atoms with Gasteiger partial charge in [0.2, 0.25) is 0 Å². The van der Waals surface area contributed by atoms with Crippen molar-refractivity contribution in [2.24, 2.45) is 0 Å². The molecular formula is C12H12BrN3OS. The minimum absolute atomic E-state index is 0.149. The Kier molecular flexibility index (Phi) is 3.68. The molecule has 0 saturated carbocycles. The third-order valence-electron chi connectivity index (χ3n) is 2.35. The summed E-state index contributed by atoms with van der Waals surface area (Å²) in [7, 11) is 0.